The smallest absolute Gasteiger partial charge is 0.116 e. The third-order valence-electron chi connectivity index (χ3n) is 1.94. The number of benzene rings is 1. The lowest BCUT2D eigenvalue weighted by Crippen LogP contribution is -2.28. The number of alkyl halides is 1. The van der Waals surface area contributed by atoms with Crippen molar-refractivity contribution in [1.29, 1.82) is 0 Å². The molecule has 2 N–H and O–H groups in total. The highest BCUT2D eigenvalue weighted by Crippen LogP contribution is 2.24. The van der Waals surface area contributed by atoms with Gasteiger partial charge in [0.15, 0.2) is 0 Å². The predicted octanol–water partition coefficient (Wildman–Crippen LogP) is 3.11. The molecular weight excluding hydrogens is 233 g/mol. The van der Waals surface area contributed by atoms with Gasteiger partial charge >= 0.3 is 0 Å². The van der Waals surface area contributed by atoms with Crippen LogP contribution in [0.1, 0.15) is 25.0 Å². The maximum Gasteiger partial charge on any atom is 0.116 e. The van der Waals surface area contributed by atoms with Crippen LogP contribution in [-0.2, 0) is 12.2 Å². The molecule has 0 saturated heterocycles. The molecule has 1 rings (SSSR count). The summed E-state index contributed by atoms with van der Waals surface area (Å²) in [6, 6.07) is 5.49. The second kappa shape index (κ2) is 3.76. The quantitative estimate of drug-likeness (QED) is 0.852. The van der Waals surface area contributed by atoms with Gasteiger partial charge in [0.25, 0.3) is 0 Å². The van der Waals surface area contributed by atoms with E-state index in [0.717, 1.165) is 10.0 Å². The SMILES string of the molecule is CC(C)(N)c1ccc(CF)c(Br)c1. The Kier molecular flexibility index (Phi) is 3.09. The van der Waals surface area contributed by atoms with Gasteiger partial charge in [-0.2, -0.15) is 0 Å². The first-order chi connectivity index (χ1) is 5.95. The number of halogens is 2. The molecule has 0 radical (unpaired) electrons. The van der Waals surface area contributed by atoms with Crippen molar-refractivity contribution in [2.24, 2.45) is 5.73 Å². The molecule has 0 saturated carbocycles. The zero-order chi connectivity index (χ0) is 10.1. The van der Waals surface area contributed by atoms with Gasteiger partial charge in [-0.1, -0.05) is 28.1 Å². The third-order valence-corrected chi connectivity index (χ3v) is 2.68. The average molecular weight is 246 g/mol. The first kappa shape index (κ1) is 10.7. The normalized spacial score (nSPS) is 11.8. The van der Waals surface area contributed by atoms with Crippen LogP contribution in [-0.4, -0.2) is 0 Å². The van der Waals surface area contributed by atoms with Crippen molar-refractivity contribution in [1.82, 2.24) is 0 Å². The summed E-state index contributed by atoms with van der Waals surface area (Å²) in [6.45, 7) is 3.39. The fraction of sp³-hybridized carbons (Fsp3) is 0.400. The highest BCUT2D eigenvalue weighted by Gasteiger charge is 2.14. The maximum absolute atomic E-state index is 12.4. The molecular formula is C10H13BrFN. The number of nitrogens with two attached hydrogens (primary N) is 1. The van der Waals surface area contributed by atoms with Crippen LogP contribution in [0.4, 0.5) is 4.39 Å². The molecule has 0 unspecified atom stereocenters. The standard InChI is InChI=1S/C10H13BrFN/c1-10(2,13)8-4-3-7(6-12)9(11)5-8/h3-5H,6,13H2,1-2H3. The van der Waals surface area contributed by atoms with Gasteiger partial charge in [0.2, 0.25) is 0 Å². The van der Waals surface area contributed by atoms with Gasteiger partial charge in [-0.05, 0) is 31.0 Å². The molecule has 0 heterocycles. The van der Waals surface area contributed by atoms with E-state index in [-0.39, 0.29) is 5.54 Å². The molecule has 1 aromatic carbocycles. The molecule has 3 heteroatoms. The minimum atomic E-state index is -0.453. The summed E-state index contributed by atoms with van der Waals surface area (Å²) in [5.74, 6) is 0. The highest BCUT2D eigenvalue weighted by molar-refractivity contribution is 9.10. The Morgan fingerprint density at radius 1 is 1.46 bits per heavy atom. The maximum atomic E-state index is 12.4. The van der Waals surface area contributed by atoms with E-state index >= 15 is 0 Å². The van der Waals surface area contributed by atoms with E-state index < -0.39 is 6.67 Å². The van der Waals surface area contributed by atoms with E-state index in [0.29, 0.717) is 5.56 Å². The Labute approximate surface area is 86.3 Å². The third kappa shape index (κ3) is 2.51. The number of rotatable bonds is 2. The van der Waals surface area contributed by atoms with Crippen LogP contribution in [0.25, 0.3) is 0 Å². The first-order valence-corrected chi connectivity index (χ1v) is 4.88. The summed E-state index contributed by atoms with van der Waals surface area (Å²) in [7, 11) is 0. The molecule has 72 valence electrons. The van der Waals surface area contributed by atoms with Crippen LogP contribution in [0.15, 0.2) is 22.7 Å². The zero-order valence-corrected chi connectivity index (χ0v) is 9.36. The Bertz CT molecular complexity index is 304. The molecule has 0 aromatic heterocycles. The average Bonchev–Trinajstić information content (AvgIpc) is 2.02. The monoisotopic (exact) mass is 245 g/mol. The molecule has 0 aliphatic carbocycles. The van der Waals surface area contributed by atoms with Gasteiger partial charge in [-0.15, -0.1) is 0 Å². The molecule has 0 aliphatic heterocycles. The zero-order valence-electron chi connectivity index (χ0n) is 7.77. The summed E-state index contributed by atoms with van der Waals surface area (Å²) in [5.41, 5.74) is 7.18. The fourth-order valence-electron chi connectivity index (χ4n) is 1.06. The van der Waals surface area contributed by atoms with Crippen molar-refractivity contribution >= 4 is 15.9 Å². The molecule has 0 amide bonds. The first-order valence-electron chi connectivity index (χ1n) is 4.09. The van der Waals surface area contributed by atoms with Gasteiger partial charge in [0.1, 0.15) is 6.67 Å². The lowest BCUT2D eigenvalue weighted by Gasteiger charge is -2.19. The van der Waals surface area contributed by atoms with Crippen LogP contribution < -0.4 is 5.73 Å². The Morgan fingerprint density at radius 2 is 2.08 bits per heavy atom. The molecule has 0 atom stereocenters. The second-order valence-corrected chi connectivity index (χ2v) is 4.52. The Balaban J connectivity index is 3.10. The van der Waals surface area contributed by atoms with E-state index in [1.54, 1.807) is 6.07 Å². The van der Waals surface area contributed by atoms with Crippen LogP contribution >= 0.6 is 15.9 Å². The molecule has 0 bridgehead atoms. The van der Waals surface area contributed by atoms with Gasteiger partial charge in [0, 0.05) is 10.0 Å². The topological polar surface area (TPSA) is 26.0 Å². The second-order valence-electron chi connectivity index (χ2n) is 3.66. The lowest BCUT2D eigenvalue weighted by atomic mass is 9.95. The molecule has 1 aromatic rings. The minimum absolute atomic E-state index is 0.378. The van der Waals surface area contributed by atoms with Crippen LogP contribution in [0.3, 0.4) is 0 Å². The largest absolute Gasteiger partial charge is 0.322 e. The summed E-state index contributed by atoms with van der Waals surface area (Å²) in [5, 5.41) is 0. The fourth-order valence-corrected chi connectivity index (χ4v) is 1.54. The van der Waals surface area contributed by atoms with Crippen molar-refractivity contribution in [3.05, 3.63) is 33.8 Å². The summed E-state index contributed by atoms with van der Waals surface area (Å²) in [4.78, 5) is 0. The predicted molar refractivity (Wildman–Crippen MR) is 56.2 cm³/mol. The van der Waals surface area contributed by atoms with Gasteiger partial charge in [-0.25, -0.2) is 4.39 Å². The minimum Gasteiger partial charge on any atom is -0.322 e. The molecule has 0 aliphatic rings. The number of hydrogen-bond donors (Lipinski definition) is 1. The van der Waals surface area contributed by atoms with E-state index in [1.165, 1.54) is 0 Å². The molecule has 0 spiro atoms. The van der Waals surface area contributed by atoms with Crippen molar-refractivity contribution in [2.45, 2.75) is 26.1 Å². The van der Waals surface area contributed by atoms with Gasteiger partial charge < -0.3 is 5.73 Å². The van der Waals surface area contributed by atoms with Crippen molar-refractivity contribution in [2.75, 3.05) is 0 Å². The van der Waals surface area contributed by atoms with Crippen LogP contribution in [0.2, 0.25) is 0 Å². The summed E-state index contributed by atoms with van der Waals surface area (Å²) >= 11 is 3.30. The Hall–Kier alpha value is -0.410. The molecule has 0 fully saturated rings. The van der Waals surface area contributed by atoms with Gasteiger partial charge in [0.05, 0.1) is 0 Å². The van der Waals surface area contributed by atoms with Crippen LogP contribution in [0, 0.1) is 0 Å². The van der Waals surface area contributed by atoms with E-state index in [4.69, 9.17) is 5.73 Å². The van der Waals surface area contributed by atoms with Crippen LogP contribution in [0.5, 0.6) is 0 Å². The molecule has 13 heavy (non-hydrogen) atoms. The van der Waals surface area contributed by atoms with E-state index in [2.05, 4.69) is 15.9 Å². The summed E-state index contributed by atoms with van der Waals surface area (Å²) in [6.07, 6.45) is 0. The highest BCUT2D eigenvalue weighted by atomic mass is 79.9. The van der Waals surface area contributed by atoms with Crippen molar-refractivity contribution < 1.29 is 4.39 Å². The Morgan fingerprint density at radius 3 is 2.46 bits per heavy atom. The number of hydrogen-bond acceptors (Lipinski definition) is 1. The summed E-state index contributed by atoms with van der Waals surface area (Å²) < 4.78 is 13.1. The van der Waals surface area contributed by atoms with E-state index in [1.807, 2.05) is 26.0 Å². The van der Waals surface area contributed by atoms with Gasteiger partial charge in [-0.3, -0.25) is 0 Å². The lowest BCUT2D eigenvalue weighted by molar-refractivity contribution is 0.483. The molecule has 1 nitrogen and oxygen atoms in total. The van der Waals surface area contributed by atoms with Crippen molar-refractivity contribution in [3.63, 3.8) is 0 Å². The van der Waals surface area contributed by atoms with E-state index in [9.17, 15) is 4.39 Å². The van der Waals surface area contributed by atoms with Crippen molar-refractivity contribution in [3.8, 4) is 0 Å².